The molecule has 1 aliphatic rings. The van der Waals surface area contributed by atoms with Gasteiger partial charge in [-0.25, -0.2) is 14.6 Å². The van der Waals surface area contributed by atoms with Crippen LogP contribution in [-0.2, 0) is 27.2 Å². The molecular formula is C18H20N4O5. The van der Waals surface area contributed by atoms with Gasteiger partial charge in [-0.2, -0.15) is 0 Å². The topological polar surface area (TPSA) is 114 Å². The number of methoxy groups -OCH3 is 1. The molecule has 2 heterocycles. The van der Waals surface area contributed by atoms with Crippen molar-refractivity contribution in [2.75, 3.05) is 20.3 Å². The number of benzene rings is 1. The highest BCUT2D eigenvalue weighted by atomic mass is 16.6. The van der Waals surface area contributed by atoms with E-state index >= 15 is 0 Å². The molecule has 1 atom stereocenters. The van der Waals surface area contributed by atoms with Crippen LogP contribution in [0.1, 0.15) is 21.6 Å². The second-order valence-electron chi connectivity index (χ2n) is 6.03. The average molecular weight is 372 g/mol. The van der Waals surface area contributed by atoms with E-state index in [9.17, 15) is 14.4 Å². The summed E-state index contributed by atoms with van der Waals surface area (Å²) >= 11 is 0. The van der Waals surface area contributed by atoms with Crippen LogP contribution in [-0.4, -0.2) is 59.1 Å². The van der Waals surface area contributed by atoms with E-state index in [2.05, 4.69) is 15.3 Å². The number of hydrogen-bond donors (Lipinski definition) is 2. The summed E-state index contributed by atoms with van der Waals surface area (Å²) in [6, 6.07) is 6.00. The Morgan fingerprint density at radius 3 is 3.04 bits per heavy atom. The third-order valence-electron chi connectivity index (χ3n) is 4.23. The van der Waals surface area contributed by atoms with Crippen LogP contribution in [0.5, 0.6) is 0 Å². The maximum absolute atomic E-state index is 12.5. The number of carbonyl (C=O) groups is 3. The number of H-pyrrole nitrogens is 1. The minimum absolute atomic E-state index is 0.00852. The molecule has 0 unspecified atom stereocenters. The zero-order valence-electron chi connectivity index (χ0n) is 14.8. The van der Waals surface area contributed by atoms with Gasteiger partial charge >= 0.3 is 12.1 Å². The van der Waals surface area contributed by atoms with Crippen molar-refractivity contribution >= 4 is 18.0 Å². The van der Waals surface area contributed by atoms with Crippen molar-refractivity contribution < 1.29 is 23.9 Å². The monoisotopic (exact) mass is 372 g/mol. The Bertz CT molecular complexity index is 821. The maximum atomic E-state index is 12.5. The van der Waals surface area contributed by atoms with Crippen molar-refractivity contribution in [3.05, 3.63) is 53.6 Å². The molecule has 1 aromatic carbocycles. The molecule has 0 saturated carbocycles. The molecular weight excluding hydrogens is 352 g/mol. The van der Waals surface area contributed by atoms with Crippen molar-refractivity contribution in [3.63, 3.8) is 0 Å². The van der Waals surface area contributed by atoms with Crippen LogP contribution >= 0.6 is 0 Å². The highest BCUT2D eigenvalue weighted by Crippen LogP contribution is 2.18. The lowest BCUT2D eigenvalue weighted by Crippen LogP contribution is -2.45. The number of rotatable bonds is 7. The smallest absolute Gasteiger partial charge is 0.410 e. The molecule has 0 spiro atoms. The van der Waals surface area contributed by atoms with Crippen LogP contribution in [0.15, 0.2) is 36.8 Å². The largest absolute Gasteiger partial charge is 0.465 e. The lowest BCUT2D eigenvalue weighted by molar-refractivity contribution is -0.124. The van der Waals surface area contributed by atoms with Gasteiger partial charge in [0.15, 0.2) is 0 Å². The van der Waals surface area contributed by atoms with Gasteiger partial charge in [0, 0.05) is 24.9 Å². The molecule has 1 saturated heterocycles. The van der Waals surface area contributed by atoms with Crippen LogP contribution in [0.25, 0.3) is 0 Å². The number of nitrogens with zero attached hydrogens (tertiary/aromatic N) is 2. The Morgan fingerprint density at radius 2 is 2.30 bits per heavy atom. The first-order valence-electron chi connectivity index (χ1n) is 8.44. The standard InChI is InChI=1S/C18H20N4O5/c1-26-17(24)13-4-2-3-12(7-13)9-22-15(10-27-18(22)25)16(23)20-6-5-14-8-19-11-21-14/h2-4,7-8,11,15H,5-6,9-10H2,1H3,(H,19,21)(H,20,23)/t15-/m0/s1. The fourth-order valence-corrected chi connectivity index (χ4v) is 2.81. The Labute approximate surface area is 155 Å². The van der Waals surface area contributed by atoms with Crippen LogP contribution in [0.4, 0.5) is 4.79 Å². The number of aromatic nitrogens is 2. The van der Waals surface area contributed by atoms with E-state index in [0.29, 0.717) is 24.1 Å². The predicted octanol–water partition coefficient (Wildman–Crippen LogP) is 0.876. The molecule has 2 aromatic rings. The molecule has 3 rings (SSSR count). The first kappa shape index (κ1) is 18.4. The Kier molecular flexibility index (Phi) is 5.70. The number of imidazole rings is 1. The number of aromatic amines is 1. The van der Waals surface area contributed by atoms with Crippen LogP contribution in [0.2, 0.25) is 0 Å². The fraction of sp³-hybridized carbons (Fsp3) is 0.333. The second-order valence-corrected chi connectivity index (χ2v) is 6.03. The Hall–Kier alpha value is -3.36. The SMILES string of the molecule is COC(=O)c1cccc(CN2C(=O)OC[C@H]2C(=O)NCCc2cnc[nH]2)c1. The lowest BCUT2D eigenvalue weighted by Gasteiger charge is -2.21. The van der Waals surface area contributed by atoms with Gasteiger partial charge in [-0.1, -0.05) is 12.1 Å². The highest BCUT2D eigenvalue weighted by Gasteiger charge is 2.37. The van der Waals surface area contributed by atoms with Gasteiger partial charge < -0.3 is 19.8 Å². The van der Waals surface area contributed by atoms with E-state index in [0.717, 1.165) is 5.69 Å². The summed E-state index contributed by atoms with van der Waals surface area (Å²) in [5, 5.41) is 2.80. The Morgan fingerprint density at radius 1 is 1.44 bits per heavy atom. The average Bonchev–Trinajstić information content (AvgIpc) is 3.32. The third-order valence-corrected chi connectivity index (χ3v) is 4.23. The van der Waals surface area contributed by atoms with Gasteiger partial charge in [0.25, 0.3) is 0 Å². The molecule has 0 bridgehead atoms. The van der Waals surface area contributed by atoms with Crippen molar-refractivity contribution in [2.45, 2.75) is 19.0 Å². The summed E-state index contributed by atoms with van der Waals surface area (Å²) in [6.45, 7) is 0.561. The molecule has 9 heteroatoms. The summed E-state index contributed by atoms with van der Waals surface area (Å²) in [7, 11) is 1.30. The first-order valence-corrected chi connectivity index (χ1v) is 8.44. The normalized spacial score (nSPS) is 16.1. The molecule has 2 N–H and O–H groups in total. The lowest BCUT2D eigenvalue weighted by atomic mass is 10.1. The van der Waals surface area contributed by atoms with Gasteiger partial charge in [-0.3, -0.25) is 9.69 Å². The molecule has 1 fully saturated rings. The number of esters is 1. The number of nitrogens with one attached hydrogen (secondary N) is 2. The van der Waals surface area contributed by atoms with E-state index in [4.69, 9.17) is 9.47 Å². The highest BCUT2D eigenvalue weighted by molar-refractivity contribution is 5.90. The van der Waals surface area contributed by atoms with Crippen molar-refractivity contribution in [1.29, 1.82) is 0 Å². The van der Waals surface area contributed by atoms with Crippen molar-refractivity contribution in [1.82, 2.24) is 20.2 Å². The van der Waals surface area contributed by atoms with Gasteiger partial charge in [-0.05, 0) is 17.7 Å². The number of ether oxygens (including phenoxy) is 2. The van der Waals surface area contributed by atoms with E-state index in [1.807, 2.05) is 0 Å². The van der Waals surface area contributed by atoms with Gasteiger partial charge in [-0.15, -0.1) is 0 Å². The van der Waals surface area contributed by atoms with Crippen LogP contribution in [0, 0.1) is 0 Å². The molecule has 142 valence electrons. The van der Waals surface area contributed by atoms with E-state index < -0.39 is 18.1 Å². The maximum Gasteiger partial charge on any atom is 0.410 e. The molecule has 9 nitrogen and oxygen atoms in total. The summed E-state index contributed by atoms with van der Waals surface area (Å²) in [5.41, 5.74) is 1.99. The molecule has 2 amide bonds. The van der Waals surface area contributed by atoms with Gasteiger partial charge in [0.1, 0.15) is 12.6 Å². The van der Waals surface area contributed by atoms with E-state index in [1.54, 1.807) is 36.8 Å². The zero-order chi connectivity index (χ0) is 19.2. The first-order chi connectivity index (χ1) is 13.1. The van der Waals surface area contributed by atoms with Crippen LogP contribution < -0.4 is 5.32 Å². The van der Waals surface area contributed by atoms with Crippen LogP contribution in [0.3, 0.4) is 0 Å². The molecule has 1 aromatic heterocycles. The molecule has 1 aliphatic heterocycles. The predicted molar refractivity (Wildman–Crippen MR) is 93.8 cm³/mol. The van der Waals surface area contributed by atoms with Crippen molar-refractivity contribution in [3.8, 4) is 0 Å². The Balaban J connectivity index is 1.62. The van der Waals surface area contributed by atoms with Gasteiger partial charge in [0.2, 0.25) is 5.91 Å². The number of carbonyl (C=O) groups excluding carboxylic acids is 3. The van der Waals surface area contributed by atoms with E-state index in [1.165, 1.54) is 12.0 Å². The molecule has 27 heavy (non-hydrogen) atoms. The quantitative estimate of drug-likeness (QED) is 0.698. The summed E-state index contributed by atoms with van der Waals surface area (Å²) in [6.07, 6.45) is 3.31. The number of hydrogen-bond acceptors (Lipinski definition) is 6. The third kappa shape index (κ3) is 4.43. The fourth-order valence-electron chi connectivity index (χ4n) is 2.81. The summed E-state index contributed by atoms with van der Waals surface area (Å²) in [4.78, 5) is 44.4. The molecule has 0 aliphatic carbocycles. The summed E-state index contributed by atoms with van der Waals surface area (Å²) in [5.74, 6) is -0.751. The number of amides is 2. The zero-order valence-corrected chi connectivity index (χ0v) is 14.8. The van der Waals surface area contributed by atoms with E-state index in [-0.39, 0.29) is 19.1 Å². The van der Waals surface area contributed by atoms with Crippen molar-refractivity contribution in [2.24, 2.45) is 0 Å². The minimum atomic E-state index is -0.721. The minimum Gasteiger partial charge on any atom is -0.465 e. The number of cyclic esters (lactones) is 1. The summed E-state index contributed by atoms with van der Waals surface area (Å²) < 4.78 is 9.74. The molecule has 0 radical (unpaired) electrons. The second kappa shape index (κ2) is 8.35. The van der Waals surface area contributed by atoms with Gasteiger partial charge in [0.05, 0.1) is 25.5 Å².